The number of carboxylic acids is 1. The van der Waals surface area contributed by atoms with Gasteiger partial charge in [-0.25, -0.2) is 0 Å². The molecule has 2 N–H and O–H groups in total. The second-order valence-electron chi connectivity index (χ2n) is 5.83. The molecule has 1 aromatic heterocycles. The molecule has 2 aliphatic heterocycles. The van der Waals surface area contributed by atoms with Crippen molar-refractivity contribution in [2.45, 2.75) is 24.8 Å². The molecule has 9 nitrogen and oxygen atoms in total. The molecule has 0 aromatic carbocycles. The smallest absolute Gasteiger partial charge is 0.543 e. The van der Waals surface area contributed by atoms with E-state index in [0.29, 0.717) is 9.65 Å². The summed E-state index contributed by atoms with van der Waals surface area (Å²) in [6.07, 6.45) is 0.0369. The molecular formula is C15H14N3NaO6S3. The van der Waals surface area contributed by atoms with Crippen LogP contribution >= 0.6 is 35.3 Å². The molecular weight excluding hydrogens is 437 g/mol. The van der Waals surface area contributed by atoms with E-state index in [9.17, 15) is 24.3 Å². The number of carbonyl (C=O) groups excluding carboxylic acids is 4. The Balaban J connectivity index is 0.00000280. The van der Waals surface area contributed by atoms with E-state index in [-0.39, 0.29) is 65.5 Å². The van der Waals surface area contributed by atoms with Crippen LogP contribution in [0.3, 0.4) is 0 Å². The summed E-state index contributed by atoms with van der Waals surface area (Å²) in [6, 6.07) is -0.825. The number of aromatic amines is 1. The van der Waals surface area contributed by atoms with E-state index >= 15 is 0 Å². The van der Waals surface area contributed by atoms with Crippen LogP contribution in [0.2, 0.25) is 0 Å². The minimum absolute atomic E-state index is 0. The van der Waals surface area contributed by atoms with E-state index < -0.39 is 29.3 Å². The molecule has 0 spiro atoms. The van der Waals surface area contributed by atoms with Crippen molar-refractivity contribution in [2.24, 2.45) is 0 Å². The number of nitrogens with one attached hydrogen (secondary N) is 2. The summed E-state index contributed by atoms with van der Waals surface area (Å²) >= 11 is 7.54. The molecule has 1 unspecified atom stereocenters. The van der Waals surface area contributed by atoms with Gasteiger partial charge in [-0.2, -0.15) is 0 Å². The first-order valence-corrected chi connectivity index (χ1v) is 10.1. The minimum Gasteiger partial charge on any atom is -0.543 e. The van der Waals surface area contributed by atoms with Crippen LogP contribution in [0, 0.1) is 3.95 Å². The van der Waals surface area contributed by atoms with Gasteiger partial charge in [-0.3, -0.25) is 19.3 Å². The maximum absolute atomic E-state index is 12.4. The first-order chi connectivity index (χ1) is 12.8. The number of thioether (sulfide) groups is 1. The number of ether oxygens (including phenoxy) is 1. The van der Waals surface area contributed by atoms with Gasteiger partial charge in [-0.05, 0) is 12.2 Å². The number of aliphatic carboxylic acids is 1. The fourth-order valence-electron chi connectivity index (χ4n) is 2.77. The van der Waals surface area contributed by atoms with E-state index in [2.05, 4.69) is 10.3 Å². The maximum atomic E-state index is 12.4. The molecule has 2 aliphatic rings. The zero-order valence-corrected chi connectivity index (χ0v) is 19.4. The Bertz CT molecular complexity index is 911. The molecule has 0 aliphatic carbocycles. The van der Waals surface area contributed by atoms with Crippen LogP contribution in [0.25, 0.3) is 0 Å². The molecule has 144 valence electrons. The van der Waals surface area contributed by atoms with E-state index in [1.807, 2.05) is 0 Å². The number of amides is 2. The van der Waals surface area contributed by atoms with Crippen LogP contribution in [-0.4, -0.2) is 57.4 Å². The van der Waals surface area contributed by atoms with Crippen LogP contribution in [-0.2, 0) is 30.3 Å². The topological polar surface area (TPSA) is 132 Å². The number of fused-ring (bicyclic) bond motifs is 1. The standard InChI is InChI=1S/C15H15N3O6S3.Na/c1-6(19)24-3-7-4-26-13-10(12(21)18(13)11(7)14(22)23)17-9(20)2-8-5-27-15(25)16-8;/h5,10,13H,2-4H2,1H3,(H,16,25)(H,17,20)(H,22,23);/q;+1/p-1/t10?,13-;/m1./s1. The number of carbonyl (C=O) groups is 4. The Kier molecular flexibility index (Phi) is 7.88. The van der Waals surface area contributed by atoms with E-state index in [0.717, 1.165) is 4.90 Å². The Hall–Kier alpha value is -1.18. The predicted molar refractivity (Wildman–Crippen MR) is 96.9 cm³/mol. The maximum Gasteiger partial charge on any atom is 1.00 e. The summed E-state index contributed by atoms with van der Waals surface area (Å²) in [5, 5.41) is 15.3. The van der Waals surface area contributed by atoms with Gasteiger partial charge >= 0.3 is 35.5 Å². The average molecular weight is 451 g/mol. The Labute approximate surface area is 195 Å². The van der Waals surface area contributed by atoms with Gasteiger partial charge in [0.05, 0.1) is 18.1 Å². The molecule has 1 aromatic rings. The van der Waals surface area contributed by atoms with E-state index in [1.165, 1.54) is 30.0 Å². The van der Waals surface area contributed by atoms with Crippen molar-refractivity contribution in [2.75, 3.05) is 12.4 Å². The fraction of sp³-hybridized carbons (Fsp3) is 0.400. The molecule has 28 heavy (non-hydrogen) atoms. The average Bonchev–Trinajstić information content (AvgIpc) is 3.01. The third kappa shape index (κ3) is 4.86. The van der Waals surface area contributed by atoms with Crippen molar-refractivity contribution in [3.05, 3.63) is 26.3 Å². The van der Waals surface area contributed by atoms with Crippen LogP contribution in [0.5, 0.6) is 0 Å². The molecule has 0 radical (unpaired) electrons. The Morgan fingerprint density at radius 2 is 2.18 bits per heavy atom. The summed E-state index contributed by atoms with van der Waals surface area (Å²) in [5.74, 6) is -2.75. The molecule has 1 saturated heterocycles. The number of H-pyrrole nitrogens is 1. The third-order valence-electron chi connectivity index (χ3n) is 3.93. The van der Waals surface area contributed by atoms with Gasteiger partial charge in [-0.15, -0.1) is 23.1 Å². The molecule has 2 atom stereocenters. The van der Waals surface area contributed by atoms with Gasteiger partial charge in [0.2, 0.25) is 5.91 Å². The second kappa shape index (κ2) is 9.55. The van der Waals surface area contributed by atoms with Crippen molar-refractivity contribution < 1.29 is 58.6 Å². The summed E-state index contributed by atoms with van der Waals surface area (Å²) in [7, 11) is 0. The van der Waals surface area contributed by atoms with Gasteiger partial charge in [0, 0.05) is 29.3 Å². The number of hydrogen-bond acceptors (Lipinski definition) is 9. The normalized spacial score (nSPS) is 20.6. The Morgan fingerprint density at radius 3 is 2.75 bits per heavy atom. The van der Waals surface area contributed by atoms with Crippen molar-refractivity contribution in [3.63, 3.8) is 0 Å². The molecule has 3 rings (SSSR count). The first kappa shape index (κ1) is 23.1. The first-order valence-electron chi connectivity index (χ1n) is 7.75. The van der Waals surface area contributed by atoms with E-state index in [4.69, 9.17) is 17.0 Å². The number of esters is 1. The van der Waals surface area contributed by atoms with Crippen LogP contribution < -0.4 is 40.0 Å². The van der Waals surface area contributed by atoms with Gasteiger partial charge in [-0.1, -0.05) is 0 Å². The van der Waals surface area contributed by atoms with Gasteiger partial charge in [0.15, 0.2) is 3.95 Å². The monoisotopic (exact) mass is 451 g/mol. The zero-order valence-electron chi connectivity index (χ0n) is 15.0. The largest absolute Gasteiger partial charge is 1.00 e. The number of aromatic nitrogens is 1. The molecule has 2 amide bonds. The summed E-state index contributed by atoms with van der Waals surface area (Å²) in [4.78, 5) is 51.0. The summed E-state index contributed by atoms with van der Waals surface area (Å²) in [6.45, 7) is 0.981. The SMILES string of the molecule is CC(=O)OCC1=C(C(=O)[O-])N2C(=O)C(NC(=O)Cc3csc(=S)[nH]3)[C@H]2SC1.[Na+]. The number of hydrogen-bond donors (Lipinski definition) is 2. The van der Waals surface area contributed by atoms with Crippen molar-refractivity contribution in [3.8, 4) is 0 Å². The molecule has 0 saturated carbocycles. The molecule has 3 heterocycles. The van der Waals surface area contributed by atoms with Crippen LogP contribution in [0.4, 0.5) is 0 Å². The molecule has 13 heteroatoms. The predicted octanol–water partition coefficient (Wildman–Crippen LogP) is -3.68. The van der Waals surface area contributed by atoms with Gasteiger partial charge < -0.3 is 24.9 Å². The second-order valence-corrected chi connectivity index (χ2v) is 8.48. The van der Waals surface area contributed by atoms with E-state index in [1.54, 1.807) is 5.38 Å². The summed E-state index contributed by atoms with van der Waals surface area (Å²) < 4.78 is 5.40. The quantitative estimate of drug-likeness (QED) is 0.196. The number of nitrogens with zero attached hydrogens (tertiary/aromatic N) is 1. The zero-order chi connectivity index (χ0) is 19.7. The molecule has 1 fully saturated rings. The van der Waals surface area contributed by atoms with Crippen LogP contribution in [0.1, 0.15) is 12.6 Å². The number of thiazole rings is 1. The Morgan fingerprint density at radius 1 is 1.46 bits per heavy atom. The van der Waals surface area contributed by atoms with Crippen molar-refractivity contribution >= 4 is 59.1 Å². The molecule has 0 bridgehead atoms. The minimum atomic E-state index is -1.52. The van der Waals surface area contributed by atoms with Crippen molar-refractivity contribution in [1.82, 2.24) is 15.2 Å². The number of carboxylic acid groups (broad SMARTS) is 1. The van der Waals surface area contributed by atoms with Gasteiger partial charge in [0.1, 0.15) is 18.0 Å². The van der Waals surface area contributed by atoms with Crippen LogP contribution in [0.15, 0.2) is 16.7 Å². The summed E-state index contributed by atoms with van der Waals surface area (Å²) in [5.41, 5.74) is 0.634. The fourth-order valence-corrected chi connectivity index (χ4v) is 4.95. The number of β-lactam (4-membered cyclic amide) rings is 1. The van der Waals surface area contributed by atoms with Crippen molar-refractivity contribution in [1.29, 1.82) is 0 Å². The van der Waals surface area contributed by atoms with Gasteiger partial charge in [0.25, 0.3) is 5.91 Å². The third-order valence-corrected chi connectivity index (χ3v) is 6.38. The number of rotatable bonds is 6.